The number of rotatable bonds is 7. The molecule has 3 fully saturated rings. The van der Waals surface area contributed by atoms with Crippen molar-refractivity contribution >= 4 is 23.8 Å². The molecule has 4 aliphatic rings. The number of hydrogen-bond donors (Lipinski definition) is 3. The van der Waals surface area contributed by atoms with Crippen LogP contribution < -0.4 is 15.4 Å². The summed E-state index contributed by atoms with van der Waals surface area (Å²) in [6.45, 7) is 10.1. The van der Waals surface area contributed by atoms with Gasteiger partial charge in [0.25, 0.3) is 0 Å². The smallest absolute Gasteiger partial charge is 0.410 e. The molecule has 4 amide bonds. The van der Waals surface area contributed by atoms with Gasteiger partial charge in [-0.05, 0) is 65.9 Å². The maximum Gasteiger partial charge on any atom is 0.410 e. The number of benzene rings is 1. The van der Waals surface area contributed by atoms with Crippen molar-refractivity contribution < 1.29 is 33.8 Å². The fraction of sp³-hybridized carbons (Fsp3) is 0.714. The van der Waals surface area contributed by atoms with Crippen LogP contribution in [-0.4, -0.2) is 112 Å². The molecule has 1 aromatic rings. The number of fused-ring (bicyclic) bond motifs is 2. The lowest BCUT2D eigenvalue weighted by molar-refractivity contribution is -0.150. The van der Waals surface area contributed by atoms with Crippen molar-refractivity contribution in [3.63, 3.8) is 0 Å². The van der Waals surface area contributed by atoms with Gasteiger partial charge in [-0.15, -0.1) is 0 Å². The lowest BCUT2D eigenvalue weighted by Crippen LogP contribution is -2.66. The van der Waals surface area contributed by atoms with Crippen molar-refractivity contribution in [2.45, 2.75) is 121 Å². The molecular formula is C35H53N5O7. The van der Waals surface area contributed by atoms with Crippen molar-refractivity contribution in [1.82, 2.24) is 25.3 Å². The Labute approximate surface area is 278 Å². The Morgan fingerprint density at radius 1 is 1.09 bits per heavy atom. The normalized spacial score (nSPS) is 27.8. The van der Waals surface area contributed by atoms with E-state index >= 15 is 0 Å². The SMILES string of the molecule is C[C@@H](C(=O)N[C@H](C(=O)N1C[C@H]2C[C@@](C)(O)CN2C[C@H]1C(=O)N[C@@H]1CCOc2ccccc21)C1CCCCC1)N(C)C(=O)OC(C)(C)C. The molecule has 0 spiro atoms. The van der Waals surface area contributed by atoms with E-state index < -0.39 is 41.3 Å². The average Bonchev–Trinajstić information content (AvgIpc) is 3.34. The number of aliphatic hydroxyl groups is 1. The summed E-state index contributed by atoms with van der Waals surface area (Å²) in [5.74, 6) is -0.380. The quantitative estimate of drug-likeness (QED) is 0.408. The summed E-state index contributed by atoms with van der Waals surface area (Å²) < 4.78 is 11.3. The van der Waals surface area contributed by atoms with Crippen LogP contribution in [0.15, 0.2) is 24.3 Å². The second-order valence-electron chi connectivity index (χ2n) is 15.2. The number of amides is 4. The van der Waals surface area contributed by atoms with Crippen LogP contribution in [0.25, 0.3) is 0 Å². The van der Waals surface area contributed by atoms with E-state index in [4.69, 9.17) is 9.47 Å². The summed E-state index contributed by atoms with van der Waals surface area (Å²) in [5.41, 5.74) is -0.751. The van der Waals surface area contributed by atoms with Gasteiger partial charge in [0.2, 0.25) is 17.7 Å². The van der Waals surface area contributed by atoms with Crippen LogP contribution in [0.2, 0.25) is 0 Å². The molecule has 0 radical (unpaired) electrons. The zero-order valence-corrected chi connectivity index (χ0v) is 28.8. The molecule has 3 heterocycles. The zero-order valence-electron chi connectivity index (χ0n) is 28.8. The van der Waals surface area contributed by atoms with Gasteiger partial charge in [-0.2, -0.15) is 0 Å². The average molecular weight is 656 g/mol. The van der Waals surface area contributed by atoms with Crippen LogP contribution in [0, 0.1) is 5.92 Å². The van der Waals surface area contributed by atoms with Crippen molar-refractivity contribution in [1.29, 1.82) is 0 Å². The summed E-state index contributed by atoms with van der Waals surface area (Å²) >= 11 is 0. The minimum atomic E-state index is -0.928. The maximum absolute atomic E-state index is 14.7. The molecule has 3 N–H and O–H groups in total. The van der Waals surface area contributed by atoms with Gasteiger partial charge in [0.1, 0.15) is 29.5 Å². The van der Waals surface area contributed by atoms with Crippen molar-refractivity contribution in [3.8, 4) is 5.75 Å². The molecule has 260 valence electrons. The van der Waals surface area contributed by atoms with E-state index in [2.05, 4.69) is 15.5 Å². The molecule has 1 aromatic carbocycles. The standard InChI is InChI=1S/C35H53N5O7/c1-22(38(6)33(44)47-34(2,3)4)30(41)37-29(23-12-8-7-9-13-23)32(43)40-19-24-18-35(5,45)21-39(24)20-27(40)31(42)36-26-16-17-46-28-15-11-10-14-25(26)28/h10-11,14-15,22-24,26-27,29,45H,7-9,12-13,16-21H2,1-6H3,(H,36,42)(H,37,41)/t22-,24+,26+,27-,29-,35+/m0/s1. The van der Waals surface area contributed by atoms with Crippen molar-refractivity contribution in [2.75, 3.05) is 33.3 Å². The molecule has 12 nitrogen and oxygen atoms in total. The highest BCUT2D eigenvalue weighted by Crippen LogP contribution is 2.35. The van der Waals surface area contributed by atoms with Crippen molar-refractivity contribution in [3.05, 3.63) is 29.8 Å². The Bertz CT molecular complexity index is 1320. The summed E-state index contributed by atoms with van der Waals surface area (Å²) in [6.07, 6.45) is 4.98. The fourth-order valence-electron chi connectivity index (χ4n) is 7.53. The summed E-state index contributed by atoms with van der Waals surface area (Å²) in [4.78, 5) is 60.3. The number of carbonyl (C=O) groups is 4. The van der Waals surface area contributed by atoms with Crippen molar-refractivity contribution in [2.24, 2.45) is 5.92 Å². The zero-order chi connectivity index (χ0) is 34.1. The number of hydrogen-bond acceptors (Lipinski definition) is 8. The summed E-state index contributed by atoms with van der Waals surface area (Å²) in [7, 11) is 1.51. The molecule has 0 bridgehead atoms. The lowest BCUT2D eigenvalue weighted by Gasteiger charge is -2.45. The molecule has 0 unspecified atom stereocenters. The molecule has 1 aliphatic carbocycles. The van der Waals surface area contributed by atoms with E-state index in [0.29, 0.717) is 26.0 Å². The van der Waals surface area contributed by atoms with E-state index in [9.17, 15) is 24.3 Å². The van der Waals surface area contributed by atoms with E-state index in [1.54, 1.807) is 39.5 Å². The minimum absolute atomic E-state index is 0.102. The molecule has 1 saturated carbocycles. The van der Waals surface area contributed by atoms with Gasteiger partial charge in [-0.25, -0.2) is 4.79 Å². The van der Waals surface area contributed by atoms with Crippen LogP contribution in [-0.2, 0) is 19.1 Å². The Kier molecular flexibility index (Phi) is 10.4. The first-order valence-corrected chi connectivity index (χ1v) is 17.2. The summed E-state index contributed by atoms with van der Waals surface area (Å²) in [6, 6.07) is 4.72. The Balaban J connectivity index is 1.39. The van der Waals surface area contributed by atoms with Gasteiger partial charge < -0.3 is 30.1 Å². The summed E-state index contributed by atoms with van der Waals surface area (Å²) in [5, 5.41) is 17.2. The van der Waals surface area contributed by atoms with E-state index in [-0.39, 0.29) is 42.9 Å². The third kappa shape index (κ3) is 8.20. The van der Waals surface area contributed by atoms with Gasteiger partial charge >= 0.3 is 6.09 Å². The monoisotopic (exact) mass is 655 g/mol. The second-order valence-corrected chi connectivity index (χ2v) is 15.2. The predicted octanol–water partition coefficient (Wildman–Crippen LogP) is 2.98. The van der Waals surface area contributed by atoms with E-state index in [1.165, 1.54) is 11.9 Å². The van der Waals surface area contributed by atoms with Gasteiger partial charge in [0.05, 0.1) is 18.2 Å². The molecule has 6 atom stereocenters. The first-order valence-electron chi connectivity index (χ1n) is 17.2. The highest BCUT2D eigenvalue weighted by molar-refractivity contribution is 5.94. The van der Waals surface area contributed by atoms with Gasteiger partial charge in [-0.3, -0.25) is 24.2 Å². The largest absolute Gasteiger partial charge is 0.493 e. The minimum Gasteiger partial charge on any atom is -0.493 e. The molecule has 12 heteroatoms. The van der Waals surface area contributed by atoms with Crippen LogP contribution in [0.3, 0.4) is 0 Å². The number of piperazine rings is 1. The number of nitrogens with one attached hydrogen (secondary N) is 2. The van der Waals surface area contributed by atoms with E-state index in [0.717, 1.165) is 43.4 Å². The Hall–Kier alpha value is -3.38. The van der Waals surface area contributed by atoms with Crippen LogP contribution in [0.1, 0.15) is 91.2 Å². The fourth-order valence-corrected chi connectivity index (χ4v) is 7.53. The first kappa shape index (κ1) is 34.9. The topological polar surface area (TPSA) is 141 Å². The van der Waals surface area contributed by atoms with Gasteiger partial charge in [0.15, 0.2) is 0 Å². The predicted molar refractivity (Wildman–Crippen MR) is 176 cm³/mol. The lowest BCUT2D eigenvalue weighted by atomic mass is 9.82. The van der Waals surface area contributed by atoms with Gasteiger partial charge in [-0.1, -0.05) is 37.5 Å². The number of para-hydroxylation sites is 1. The Morgan fingerprint density at radius 2 is 1.79 bits per heavy atom. The van der Waals surface area contributed by atoms with Gasteiger partial charge in [0, 0.05) is 44.7 Å². The Morgan fingerprint density at radius 3 is 2.49 bits per heavy atom. The van der Waals surface area contributed by atoms with Crippen LogP contribution >= 0.6 is 0 Å². The molecule has 3 aliphatic heterocycles. The van der Waals surface area contributed by atoms with Crippen LogP contribution in [0.5, 0.6) is 5.75 Å². The molecule has 5 rings (SSSR count). The molecule has 0 aromatic heterocycles. The molecule has 2 saturated heterocycles. The van der Waals surface area contributed by atoms with Crippen LogP contribution in [0.4, 0.5) is 4.79 Å². The highest BCUT2D eigenvalue weighted by Gasteiger charge is 2.50. The number of ether oxygens (including phenoxy) is 2. The number of likely N-dealkylation sites (N-methyl/N-ethyl adjacent to an activating group) is 1. The number of nitrogens with zero attached hydrogens (tertiary/aromatic N) is 3. The maximum atomic E-state index is 14.7. The molecule has 47 heavy (non-hydrogen) atoms. The third-order valence-electron chi connectivity index (χ3n) is 10.1. The first-order chi connectivity index (χ1) is 22.1. The van der Waals surface area contributed by atoms with E-state index in [1.807, 2.05) is 24.3 Å². The molecular weight excluding hydrogens is 602 g/mol. The second kappa shape index (κ2) is 14.0. The number of carbonyl (C=O) groups excluding carboxylic acids is 4. The third-order valence-corrected chi connectivity index (χ3v) is 10.1. The highest BCUT2D eigenvalue weighted by atomic mass is 16.6.